The Hall–Kier alpha value is -1.94. The maximum absolute atomic E-state index is 4.09. The van der Waals surface area contributed by atoms with E-state index in [0.717, 1.165) is 30.6 Å². The predicted octanol–water partition coefficient (Wildman–Crippen LogP) is 2.94. The average molecular weight is 329 g/mol. The molecule has 0 aromatic heterocycles. The van der Waals surface area contributed by atoms with Crippen LogP contribution in [0.4, 0.5) is 0 Å². The summed E-state index contributed by atoms with van der Waals surface area (Å²) < 4.78 is 0. The second-order valence-corrected chi connectivity index (χ2v) is 6.93. The first-order chi connectivity index (χ1) is 11.5. The zero-order valence-corrected chi connectivity index (χ0v) is 15.2. The Bertz CT molecular complexity index is 535. The SMILES string of the molecule is C=C(CNC(=C)NCc1ccc(C)cc1)NCN1CCCC(C)C1. The third-order valence-electron chi connectivity index (χ3n) is 4.44. The fraction of sp³-hybridized carbons (Fsp3) is 0.500. The molecule has 3 N–H and O–H groups in total. The van der Waals surface area contributed by atoms with Gasteiger partial charge >= 0.3 is 0 Å². The van der Waals surface area contributed by atoms with Gasteiger partial charge in [-0.1, -0.05) is 49.9 Å². The van der Waals surface area contributed by atoms with Crippen molar-refractivity contribution in [2.24, 2.45) is 5.92 Å². The molecule has 1 aromatic carbocycles. The maximum atomic E-state index is 4.09. The Labute approximate surface area is 147 Å². The van der Waals surface area contributed by atoms with Crippen molar-refractivity contribution >= 4 is 0 Å². The molecule has 0 amide bonds. The minimum atomic E-state index is 0.684. The molecule has 1 unspecified atom stereocenters. The van der Waals surface area contributed by atoms with Gasteiger partial charge in [-0.3, -0.25) is 4.90 Å². The Balaban J connectivity index is 1.58. The third kappa shape index (κ3) is 6.67. The zero-order chi connectivity index (χ0) is 17.4. The van der Waals surface area contributed by atoms with Crippen molar-refractivity contribution in [3.63, 3.8) is 0 Å². The molecular formula is C20H32N4. The van der Waals surface area contributed by atoms with Crippen LogP contribution in [-0.4, -0.2) is 31.2 Å². The summed E-state index contributed by atoms with van der Waals surface area (Å²) in [5, 5.41) is 9.98. The summed E-state index contributed by atoms with van der Waals surface area (Å²) in [6.07, 6.45) is 2.65. The van der Waals surface area contributed by atoms with E-state index in [2.05, 4.69) is 72.1 Å². The Morgan fingerprint density at radius 2 is 1.92 bits per heavy atom. The molecule has 1 aliphatic heterocycles. The molecule has 0 spiro atoms. The summed E-state index contributed by atoms with van der Waals surface area (Å²) in [6.45, 7) is 17.2. The molecule has 0 radical (unpaired) electrons. The van der Waals surface area contributed by atoms with Crippen molar-refractivity contribution in [1.82, 2.24) is 20.9 Å². The van der Waals surface area contributed by atoms with Gasteiger partial charge in [-0.15, -0.1) is 0 Å². The van der Waals surface area contributed by atoms with Crippen LogP contribution in [-0.2, 0) is 6.54 Å². The second-order valence-electron chi connectivity index (χ2n) is 6.93. The number of rotatable bonds is 9. The number of piperidine rings is 1. The van der Waals surface area contributed by atoms with Gasteiger partial charge in [-0.25, -0.2) is 0 Å². The van der Waals surface area contributed by atoms with E-state index in [1.165, 1.54) is 37.1 Å². The summed E-state index contributed by atoms with van der Waals surface area (Å²) in [5.41, 5.74) is 3.52. The molecule has 1 fully saturated rings. The van der Waals surface area contributed by atoms with E-state index in [1.807, 2.05) is 0 Å². The van der Waals surface area contributed by atoms with Crippen LogP contribution >= 0.6 is 0 Å². The van der Waals surface area contributed by atoms with Crippen molar-refractivity contribution in [2.75, 3.05) is 26.3 Å². The Morgan fingerprint density at radius 1 is 1.17 bits per heavy atom. The first kappa shape index (κ1) is 18.4. The van der Waals surface area contributed by atoms with Gasteiger partial charge < -0.3 is 16.0 Å². The smallest absolute Gasteiger partial charge is 0.0918 e. The summed E-state index contributed by atoms with van der Waals surface area (Å²) in [6, 6.07) is 8.52. The number of aryl methyl sites for hydroxylation is 1. The van der Waals surface area contributed by atoms with Gasteiger partial charge in [-0.2, -0.15) is 0 Å². The first-order valence-corrected chi connectivity index (χ1v) is 8.89. The standard InChI is InChI=1S/C20H32N4/c1-16-7-9-20(10-8-16)13-22-19(4)21-12-18(3)23-15-24-11-5-6-17(2)14-24/h7-10,17,21-23H,3-6,11-15H2,1-2H3. The summed E-state index contributed by atoms with van der Waals surface area (Å²) in [4.78, 5) is 2.46. The lowest BCUT2D eigenvalue weighted by Gasteiger charge is -2.31. The highest BCUT2D eigenvalue weighted by atomic mass is 15.2. The van der Waals surface area contributed by atoms with E-state index in [0.29, 0.717) is 6.54 Å². The average Bonchev–Trinajstić information content (AvgIpc) is 2.57. The van der Waals surface area contributed by atoms with Crippen molar-refractivity contribution in [3.05, 3.63) is 60.1 Å². The van der Waals surface area contributed by atoms with Gasteiger partial charge in [0.2, 0.25) is 0 Å². The number of hydrogen-bond donors (Lipinski definition) is 3. The number of likely N-dealkylation sites (tertiary alicyclic amines) is 1. The molecule has 1 aliphatic rings. The topological polar surface area (TPSA) is 39.3 Å². The van der Waals surface area contributed by atoms with Gasteiger partial charge in [0.1, 0.15) is 0 Å². The van der Waals surface area contributed by atoms with Crippen molar-refractivity contribution in [2.45, 2.75) is 33.2 Å². The van der Waals surface area contributed by atoms with Crippen LogP contribution in [0.1, 0.15) is 30.9 Å². The van der Waals surface area contributed by atoms with Gasteiger partial charge in [0.05, 0.1) is 19.0 Å². The molecule has 2 rings (SSSR count). The predicted molar refractivity (Wildman–Crippen MR) is 102 cm³/mol. The summed E-state index contributed by atoms with van der Waals surface area (Å²) >= 11 is 0. The zero-order valence-electron chi connectivity index (χ0n) is 15.2. The van der Waals surface area contributed by atoms with Crippen LogP contribution in [0.15, 0.2) is 48.9 Å². The van der Waals surface area contributed by atoms with Crippen LogP contribution in [0.3, 0.4) is 0 Å². The fourth-order valence-electron chi connectivity index (χ4n) is 2.91. The minimum Gasteiger partial charge on any atom is -0.375 e. The van der Waals surface area contributed by atoms with Crippen LogP contribution < -0.4 is 16.0 Å². The summed E-state index contributed by atoms with van der Waals surface area (Å²) in [5.74, 6) is 1.63. The molecule has 132 valence electrons. The van der Waals surface area contributed by atoms with E-state index < -0.39 is 0 Å². The van der Waals surface area contributed by atoms with Gasteiger partial charge in [-0.05, 0) is 37.8 Å². The maximum Gasteiger partial charge on any atom is 0.0918 e. The third-order valence-corrected chi connectivity index (χ3v) is 4.44. The fourth-order valence-corrected chi connectivity index (χ4v) is 2.91. The molecule has 1 aromatic rings. The van der Waals surface area contributed by atoms with Crippen molar-refractivity contribution in [1.29, 1.82) is 0 Å². The molecule has 1 saturated heterocycles. The van der Waals surface area contributed by atoms with Gasteiger partial charge in [0, 0.05) is 18.8 Å². The number of nitrogens with zero attached hydrogens (tertiary/aromatic N) is 1. The van der Waals surface area contributed by atoms with Crippen molar-refractivity contribution < 1.29 is 0 Å². The number of benzene rings is 1. The van der Waals surface area contributed by atoms with Gasteiger partial charge in [0.15, 0.2) is 0 Å². The quantitative estimate of drug-likeness (QED) is 0.652. The molecule has 24 heavy (non-hydrogen) atoms. The molecule has 0 saturated carbocycles. The molecule has 4 heteroatoms. The largest absolute Gasteiger partial charge is 0.375 e. The van der Waals surface area contributed by atoms with Crippen molar-refractivity contribution in [3.8, 4) is 0 Å². The molecular weight excluding hydrogens is 296 g/mol. The van der Waals surface area contributed by atoms with Crippen LogP contribution in [0, 0.1) is 12.8 Å². The molecule has 1 heterocycles. The Morgan fingerprint density at radius 3 is 2.62 bits per heavy atom. The van der Waals surface area contributed by atoms with E-state index in [4.69, 9.17) is 0 Å². The number of hydrogen-bond acceptors (Lipinski definition) is 4. The minimum absolute atomic E-state index is 0.684. The molecule has 4 nitrogen and oxygen atoms in total. The van der Waals surface area contributed by atoms with Crippen LogP contribution in [0.2, 0.25) is 0 Å². The van der Waals surface area contributed by atoms with E-state index in [-0.39, 0.29) is 0 Å². The number of nitrogens with one attached hydrogen (secondary N) is 3. The second kappa shape index (κ2) is 9.38. The lowest BCUT2D eigenvalue weighted by atomic mass is 10.0. The van der Waals surface area contributed by atoms with Crippen LogP contribution in [0.25, 0.3) is 0 Å². The molecule has 1 atom stereocenters. The van der Waals surface area contributed by atoms with Crippen LogP contribution in [0.5, 0.6) is 0 Å². The first-order valence-electron chi connectivity index (χ1n) is 8.89. The Kier molecular flexibility index (Phi) is 7.19. The highest BCUT2D eigenvalue weighted by Gasteiger charge is 2.15. The highest BCUT2D eigenvalue weighted by molar-refractivity contribution is 5.21. The van der Waals surface area contributed by atoms with E-state index >= 15 is 0 Å². The monoisotopic (exact) mass is 328 g/mol. The normalized spacial score (nSPS) is 18.0. The summed E-state index contributed by atoms with van der Waals surface area (Å²) in [7, 11) is 0. The lowest BCUT2D eigenvalue weighted by Crippen LogP contribution is -2.41. The molecule has 0 aliphatic carbocycles. The van der Waals surface area contributed by atoms with E-state index in [9.17, 15) is 0 Å². The molecule has 0 bridgehead atoms. The highest BCUT2D eigenvalue weighted by Crippen LogP contribution is 2.14. The van der Waals surface area contributed by atoms with Gasteiger partial charge in [0.25, 0.3) is 0 Å². The lowest BCUT2D eigenvalue weighted by molar-refractivity contribution is 0.176. The van der Waals surface area contributed by atoms with E-state index in [1.54, 1.807) is 0 Å².